The number of benzene rings is 1. The summed E-state index contributed by atoms with van der Waals surface area (Å²) < 4.78 is 11.8. The zero-order valence-corrected chi connectivity index (χ0v) is 18.9. The predicted molar refractivity (Wildman–Crippen MR) is 119 cm³/mol. The van der Waals surface area contributed by atoms with Crippen LogP contribution in [0.3, 0.4) is 0 Å². The molecule has 33 heavy (non-hydrogen) atoms. The van der Waals surface area contributed by atoms with Crippen LogP contribution in [0.25, 0.3) is 5.69 Å². The molecule has 4 rings (SSSR count). The maximum absolute atomic E-state index is 13.2. The number of tetrazole rings is 1. The zero-order chi connectivity index (χ0) is 23.4. The van der Waals surface area contributed by atoms with Gasteiger partial charge in [0, 0.05) is 38.4 Å². The highest BCUT2D eigenvalue weighted by molar-refractivity contribution is 6.33. The molecule has 1 aromatic carbocycles. The van der Waals surface area contributed by atoms with Gasteiger partial charge in [-0.15, -0.1) is 5.10 Å². The highest BCUT2D eigenvalue weighted by Gasteiger charge is 2.26. The van der Waals surface area contributed by atoms with E-state index in [-0.39, 0.29) is 5.91 Å². The second-order valence-electron chi connectivity index (χ2n) is 7.16. The number of carbonyl (C=O) groups excluding carboxylic acids is 2. The lowest BCUT2D eigenvalue weighted by atomic mass is 10.1. The number of hydrogen-bond donors (Lipinski definition) is 0. The molecule has 1 aliphatic rings. The lowest BCUT2D eigenvalue weighted by molar-refractivity contribution is 0.0525. The average molecular weight is 472 g/mol. The fraction of sp³-hybridized carbons (Fsp3) is 0.333. The van der Waals surface area contributed by atoms with Gasteiger partial charge in [-0.2, -0.15) is 4.68 Å². The largest absolute Gasteiger partial charge is 0.496 e. The second-order valence-corrected chi connectivity index (χ2v) is 7.57. The first-order chi connectivity index (χ1) is 16.0. The number of piperazine rings is 1. The van der Waals surface area contributed by atoms with Gasteiger partial charge in [0.1, 0.15) is 17.9 Å². The van der Waals surface area contributed by atoms with Crippen molar-refractivity contribution in [2.75, 3.05) is 44.8 Å². The van der Waals surface area contributed by atoms with Gasteiger partial charge in [0.15, 0.2) is 0 Å². The molecule has 3 aromatic rings. The molecular weight excluding hydrogens is 450 g/mol. The second kappa shape index (κ2) is 9.82. The van der Waals surface area contributed by atoms with Crippen LogP contribution in [0.15, 0.2) is 36.8 Å². The maximum Gasteiger partial charge on any atom is 0.339 e. The summed E-state index contributed by atoms with van der Waals surface area (Å²) in [5, 5.41) is 11.4. The van der Waals surface area contributed by atoms with Gasteiger partial charge in [-0.1, -0.05) is 11.6 Å². The smallest absolute Gasteiger partial charge is 0.339 e. The van der Waals surface area contributed by atoms with Crippen LogP contribution >= 0.6 is 11.6 Å². The topological polar surface area (TPSA) is 116 Å². The lowest BCUT2D eigenvalue weighted by Crippen LogP contribution is -2.49. The van der Waals surface area contributed by atoms with Crippen LogP contribution in [-0.4, -0.2) is 81.9 Å². The number of anilines is 1. The van der Waals surface area contributed by atoms with Crippen molar-refractivity contribution in [3.8, 4) is 11.4 Å². The van der Waals surface area contributed by atoms with E-state index in [1.165, 1.54) is 24.3 Å². The Balaban J connectivity index is 1.44. The first-order valence-electron chi connectivity index (χ1n) is 10.3. The Labute approximate surface area is 194 Å². The highest BCUT2D eigenvalue weighted by atomic mass is 35.5. The molecule has 0 radical (unpaired) electrons. The van der Waals surface area contributed by atoms with Crippen molar-refractivity contribution in [2.24, 2.45) is 0 Å². The first kappa shape index (κ1) is 22.5. The van der Waals surface area contributed by atoms with Crippen molar-refractivity contribution in [3.05, 3.63) is 52.9 Å². The summed E-state index contributed by atoms with van der Waals surface area (Å²) in [6.07, 6.45) is 2.92. The number of ether oxygens (including phenoxy) is 2. The monoisotopic (exact) mass is 471 g/mol. The van der Waals surface area contributed by atoms with Gasteiger partial charge < -0.3 is 19.3 Å². The van der Waals surface area contributed by atoms with Gasteiger partial charge in [0.2, 0.25) is 0 Å². The normalized spacial score (nSPS) is 13.7. The Morgan fingerprint density at radius 2 is 1.94 bits per heavy atom. The number of hydrogen-bond acceptors (Lipinski definition) is 9. The number of amides is 1. The van der Waals surface area contributed by atoms with Gasteiger partial charge in [-0.3, -0.25) is 4.79 Å². The fourth-order valence-electron chi connectivity index (χ4n) is 3.54. The van der Waals surface area contributed by atoms with Crippen LogP contribution < -0.4 is 9.64 Å². The van der Waals surface area contributed by atoms with Gasteiger partial charge in [-0.05, 0) is 35.5 Å². The number of rotatable bonds is 6. The fourth-order valence-corrected chi connectivity index (χ4v) is 3.79. The minimum absolute atomic E-state index is 0.178. The molecular formula is C21H22ClN7O4. The van der Waals surface area contributed by atoms with Crippen LogP contribution in [0.4, 0.5) is 5.82 Å². The number of pyridine rings is 1. The van der Waals surface area contributed by atoms with E-state index in [1.807, 2.05) is 0 Å². The molecule has 0 bridgehead atoms. The quantitative estimate of drug-likeness (QED) is 0.496. The number of methoxy groups -OCH3 is 1. The third-order valence-electron chi connectivity index (χ3n) is 5.25. The Hall–Kier alpha value is -3.73. The predicted octanol–water partition coefficient (Wildman–Crippen LogP) is 1.86. The molecule has 172 valence electrons. The number of nitrogens with zero attached hydrogens (tertiary/aromatic N) is 7. The van der Waals surface area contributed by atoms with Crippen molar-refractivity contribution in [2.45, 2.75) is 6.92 Å². The van der Waals surface area contributed by atoms with E-state index in [0.717, 1.165) is 5.82 Å². The third-order valence-corrected chi connectivity index (χ3v) is 5.55. The molecule has 0 atom stereocenters. The van der Waals surface area contributed by atoms with Crippen molar-refractivity contribution < 1.29 is 19.1 Å². The van der Waals surface area contributed by atoms with Crippen molar-refractivity contribution in [1.82, 2.24) is 30.1 Å². The van der Waals surface area contributed by atoms with Crippen molar-refractivity contribution in [1.29, 1.82) is 0 Å². The number of esters is 1. The Morgan fingerprint density at radius 1 is 1.15 bits per heavy atom. The van der Waals surface area contributed by atoms with Gasteiger partial charge >= 0.3 is 5.97 Å². The maximum atomic E-state index is 13.2. The van der Waals surface area contributed by atoms with Crippen molar-refractivity contribution >= 4 is 29.3 Å². The summed E-state index contributed by atoms with van der Waals surface area (Å²) >= 11 is 6.40. The van der Waals surface area contributed by atoms with Gasteiger partial charge in [0.25, 0.3) is 5.91 Å². The summed E-state index contributed by atoms with van der Waals surface area (Å²) in [6.45, 7) is 4.25. The average Bonchev–Trinajstić information content (AvgIpc) is 3.38. The highest BCUT2D eigenvalue weighted by Crippen LogP contribution is 2.30. The molecule has 0 N–H and O–H groups in total. The standard InChI is InChI=1S/C21H22ClN7O4/c1-3-33-21(31)14-4-5-19(23-12-14)27-6-8-28(9-7-27)20(30)15-10-16(22)17(11-18(15)32-2)29-13-24-25-26-29/h4-5,10-13H,3,6-9H2,1-2H3. The number of carbonyl (C=O) groups is 2. The van der Waals surface area contributed by atoms with E-state index in [1.54, 1.807) is 36.1 Å². The molecule has 1 aliphatic heterocycles. The number of halogens is 1. The van der Waals surface area contributed by atoms with E-state index in [9.17, 15) is 9.59 Å². The minimum Gasteiger partial charge on any atom is -0.496 e. The van der Waals surface area contributed by atoms with Crippen LogP contribution in [0.5, 0.6) is 5.75 Å². The molecule has 1 fully saturated rings. The molecule has 0 unspecified atom stereocenters. The molecule has 12 heteroatoms. The lowest BCUT2D eigenvalue weighted by Gasteiger charge is -2.35. The minimum atomic E-state index is -0.398. The molecule has 0 aliphatic carbocycles. The third kappa shape index (κ3) is 4.72. The molecule has 0 saturated carbocycles. The molecule has 1 saturated heterocycles. The Morgan fingerprint density at radius 3 is 2.55 bits per heavy atom. The van der Waals surface area contributed by atoms with Crippen LogP contribution in [0.2, 0.25) is 5.02 Å². The molecule has 3 heterocycles. The SMILES string of the molecule is CCOC(=O)c1ccc(N2CCN(C(=O)c3cc(Cl)c(-n4cnnn4)cc3OC)CC2)nc1. The van der Waals surface area contributed by atoms with E-state index >= 15 is 0 Å². The summed E-state index contributed by atoms with van der Waals surface area (Å²) in [5.41, 5.74) is 1.28. The Kier molecular flexibility index (Phi) is 6.68. The zero-order valence-electron chi connectivity index (χ0n) is 18.1. The van der Waals surface area contributed by atoms with Crippen LogP contribution in [-0.2, 0) is 4.74 Å². The van der Waals surface area contributed by atoms with Crippen molar-refractivity contribution in [3.63, 3.8) is 0 Å². The summed E-state index contributed by atoms with van der Waals surface area (Å²) in [5.74, 6) is 0.545. The van der Waals surface area contributed by atoms with Crippen LogP contribution in [0.1, 0.15) is 27.6 Å². The van der Waals surface area contributed by atoms with Crippen LogP contribution in [0, 0.1) is 0 Å². The van der Waals surface area contributed by atoms with E-state index in [0.29, 0.717) is 60.4 Å². The molecule has 2 aromatic heterocycles. The van der Waals surface area contributed by atoms with Gasteiger partial charge in [0.05, 0.1) is 35.6 Å². The van der Waals surface area contributed by atoms with E-state index in [4.69, 9.17) is 21.1 Å². The number of aromatic nitrogens is 5. The van der Waals surface area contributed by atoms with E-state index in [2.05, 4.69) is 25.4 Å². The summed E-state index contributed by atoms with van der Waals surface area (Å²) in [7, 11) is 1.49. The van der Waals surface area contributed by atoms with Gasteiger partial charge in [-0.25, -0.2) is 9.78 Å². The molecule has 11 nitrogen and oxygen atoms in total. The summed E-state index contributed by atoms with van der Waals surface area (Å²) in [6, 6.07) is 6.68. The molecule has 1 amide bonds. The summed E-state index contributed by atoms with van der Waals surface area (Å²) in [4.78, 5) is 33.2. The Bertz CT molecular complexity index is 1130. The first-order valence-corrected chi connectivity index (χ1v) is 10.7. The molecule has 0 spiro atoms. The van der Waals surface area contributed by atoms with E-state index < -0.39 is 5.97 Å².